The Balaban J connectivity index is 2.04. The van der Waals surface area contributed by atoms with Gasteiger partial charge in [0.1, 0.15) is 0 Å². The number of hydrogen-bond acceptors (Lipinski definition) is 5. The fourth-order valence-electron chi connectivity index (χ4n) is 2.07. The molecule has 5 nitrogen and oxygen atoms in total. The second-order valence-corrected chi connectivity index (χ2v) is 5.53. The van der Waals surface area contributed by atoms with Gasteiger partial charge in [-0.3, -0.25) is 0 Å². The summed E-state index contributed by atoms with van der Waals surface area (Å²) in [6.45, 7) is 4.12. The third-order valence-corrected chi connectivity index (χ3v) is 4.10. The SMILES string of the molecule is CNc1nnc(-c2cnn(-c3cccc(C)c3)c2C)s1. The Kier molecular flexibility index (Phi) is 3.23. The molecular formula is C14H15N5S. The summed E-state index contributed by atoms with van der Waals surface area (Å²) in [5.41, 5.74) is 4.36. The van der Waals surface area contributed by atoms with Crippen LogP contribution in [-0.4, -0.2) is 27.0 Å². The van der Waals surface area contributed by atoms with E-state index in [0.29, 0.717) is 0 Å². The zero-order valence-corrected chi connectivity index (χ0v) is 12.4. The summed E-state index contributed by atoms with van der Waals surface area (Å²) in [6, 6.07) is 8.28. The van der Waals surface area contributed by atoms with Crippen molar-refractivity contribution < 1.29 is 0 Å². The molecule has 0 unspecified atom stereocenters. The summed E-state index contributed by atoms with van der Waals surface area (Å²) < 4.78 is 1.93. The van der Waals surface area contributed by atoms with Crippen LogP contribution in [0.5, 0.6) is 0 Å². The molecule has 1 aromatic carbocycles. The Morgan fingerprint density at radius 1 is 1.20 bits per heavy atom. The van der Waals surface area contributed by atoms with Crippen LogP contribution in [0.15, 0.2) is 30.5 Å². The molecule has 102 valence electrons. The number of nitrogens with zero attached hydrogens (tertiary/aromatic N) is 4. The van der Waals surface area contributed by atoms with Crippen LogP contribution in [0, 0.1) is 13.8 Å². The minimum absolute atomic E-state index is 0.808. The maximum absolute atomic E-state index is 4.47. The standard InChI is InChI=1S/C14H15N5S/c1-9-5-4-6-11(7-9)19-10(2)12(8-16-19)13-17-18-14(15-3)20-13/h4-8H,1-3H3,(H,15,18). The molecule has 0 aliphatic heterocycles. The number of aryl methyl sites for hydroxylation is 1. The number of hydrogen-bond donors (Lipinski definition) is 1. The van der Waals surface area contributed by atoms with E-state index in [2.05, 4.69) is 45.7 Å². The van der Waals surface area contributed by atoms with Gasteiger partial charge in [-0.05, 0) is 31.5 Å². The van der Waals surface area contributed by atoms with Crippen molar-refractivity contribution in [1.82, 2.24) is 20.0 Å². The highest BCUT2D eigenvalue weighted by Crippen LogP contribution is 2.29. The number of anilines is 1. The molecule has 2 aromatic heterocycles. The van der Waals surface area contributed by atoms with Crippen LogP contribution in [-0.2, 0) is 0 Å². The number of benzene rings is 1. The molecule has 6 heteroatoms. The van der Waals surface area contributed by atoms with Crippen LogP contribution in [0.1, 0.15) is 11.3 Å². The van der Waals surface area contributed by atoms with Gasteiger partial charge in [-0.15, -0.1) is 10.2 Å². The molecule has 20 heavy (non-hydrogen) atoms. The second kappa shape index (κ2) is 5.05. The lowest BCUT2D eigenvalue weighted by Crippen LogP contribution is -1.98. The molecule has 0 spiro atoms. The molecule has 0 radical (unpaired) electrons. The second-order valence-electron chi connectivity index (χ2n) is 4.56. The highest BCUT2D eigenvalue weighted by Gasteiger charge is 2.14. The summed E-state index contributed by atoms with van der Waals surface area (Å²) in [5.74, 6) is 0. The monoisotopic (exact) mass is 285 g/mol. The summed E-state index contributed by atoms with van der Waals surface area (Å²) in [7, 11) is 1.84. The molecule has 0 aliphatic carbocycles. The molecule has 3 rings (SSSR count). The Morgan fingerprint density at radius 2 is 2.05 bits per heavy atom. The molecule has 0 saturated carbocycles. The Hall–Kier alpha value is -2.21. The van der Waals surface area contributed by atoms with E-state index in [-0.39, 0.29) is 0 Å². The van der Waals surface area contributed by atoms with Crippen LogP contribution in [0.3, 0.4) is 0 Å². The summed E-state index contributed by atoms with van der Waals surface area (Å²) in [4.78, 5) is 0. The van der Waals surface area contributed by atoms with Crippen molar-refractivity contribution in [1.29, 1.82) is 0 Å². The molecule has 1 N–H and O–H groups in total. The fourth-order valence-corrected chi connectivity index (χ4v) is 2.83. The van der Waals surface area contributed by atoms with E-state index in [9.17, 15) is 0 Å². The Bertz CT molecular complexity index is 744. The van der Waals surface area contributed by atoms with Gasteiger partial charge < -0.3 is 5.32 Å². The summed E-state index contributed by atoms with van der Waals surface area (Å²) in [6.07, 6.45) is 1.84. The van der Waals surface area contributed by atoms with Crippen LogP contribution in [0.2, 0.25) is 0 Å². The lowest BCUT2D eigenvalue weighted by Gasteiger charge is -2.05. The molecule has 0 atom stereocenters. The highest BCUT2D eigenvalue weighted by atomic mass is 32.1. The lowest BCUT2D eigenvalue weighted by atomic mass is 10.2. The smallest absolute Gasteiger partial charge is 0.205 e. The summed E-state index contributed by atoms with van der Waals surface area (Å²) in [5, 5.41) is 17.4. The molecule has 0 bridgehead atoms. The summed E-state index contributed by atoms with van der Waals surface area (Å²) >= 11 is 1.53. The first kappa shape index (κ1) is 12.8. The topological polar surface area (TPSA) is 55.6 Å². The van der Waals surface area contributed by atoms with Gasteiger partial charge >= 0.3 is 0 Å². The van der Waals surface area contributed by atoms with Crippen molar-refractivity contribution in [2.45, 2.75) is 13.8 Å². The molecule has 0 aliphatic rings. The molecule has 0 saturated heterocycles. The van der Waals surface area contributed by atoms with Crippen molar-refractivity contribution in [3.8, 4) is 16.3 Å². The van der Waals surface area contributed by atoms with Gasteiger partial charge in [-0.2, -0.15) is 5.10 Å². The first-order chi connectivity index (χ1) is 9.69. The van der Waals surface area contributed by atoms with Crippen LogP contribution >= 0.6 is 11.3 Å². The van der Waals surface area contributed by atoms with Crippen molar-refractivity contribution >= 4 is 16.5 Å². The number of aromatic nitrogens is 4. The largest absolute Gasteiger partial charge is 0.363 e. The van der Waals surface area contributed by atoms with Crippen LogP contribution in [0.25, 0.3) is 16.3 Å². The third-order valence-electron chi connectivity index (χ3n) is 3.13. The highest BCUT2D eigenvalue weighted by molar-refractivity contribution is 7.18. The van der Waals surface area contributed by atoms with Crippen molar-refractivity contribution in [2.24, 2.45) is 0 Å². The van der Waals surface area contributed by atoms with Gasteiger partial charge in [0.2, 0.25) is 5.13 Å². The van der Waals surface area contributed by atoms with E-state index in [0.717, 1.165) is 27.1 Å². The van der Waals surface area contributed by atoms with E-state index in [1.54, 1.807) is 0 Å². The van der Waals surface area contributed by atoms with Crippen LogP contribution < -0.4 is 5.32 Å². The zero-order chi connectivity index (χ0) is 14.1. The zero-order valence-electron chi connectivity index (χ0n) is 11.6. The average molecular weight is 285 g/mol. The molecule has 0 amide bonds. The average Bonchev–Trinajstić information content (AvgIpc) is 3.04. The van der Waals surface area contributed by atoms with E-state index in [1.165, 1.54) is 16.9 Å². The minimum Gasteiger partial charge on any atom is -0.363 e. The Labute approximate surface area is 121 Å². The molecule has 0 fully saturated rings. The van der Waals surface area contributed by atoms with E-state index in [1.807, 2.05) is 30.9 Å². The van der Waals surface area contributed by atoms with E-state index in [4.69, 9.17) is 0 Å². The molecule has 2 heterocycles. The predicted octanol–water partition coefficient (Wildman–Crippen LogP) is 3.05. The molecule has 3 aromatic rings. The fraction of sp³-hybridized carbons (Fsp3) is 0.214. The van der Waals surface area contributed by atoms with Crippen molar-refractivity contribution in [3.63, 3.8) is 0 Å². The van der Waals surface area contributed by atoms with Gasteiger partial charge in [-0.25, -0.2) is 4.68 Å². The van der Waals surface area contributed by atoms with Gasteiger partial charge in [0.15, 0.2) is 5.01 Å². The van der Waals surface area contributed by atoms with E-state index >= 15 is 0 Å². The predicted molar refractivity (Wildman–Crippen MR) is 81.5 cm³/mol. The van der Waals surface area contributed by atoms with Gasteiger partial charge in [0.05, 0.1) is 23.1 Å². The van der Waals surface area contributed by atoms with Crippen molar-refractivity contribution in [3.05, 3.63) is 41.7 Å². The normalized spacial score (nSPS) is 10.8. The third kappa shape index (κ3) is 2.18. The van der Waals surface area contributed by atoms with Gasteiger partial charge in [0, 0.05) is 7.05 Å². The number of rotatable bonds is 3. The van der Waals surface area contributed by atoms with Gasteiger partial charge in [-0.1, -0.05) is 23.5 Å². The first-order valence-electron chi connectivity index (χ1n) is 6.32. The quantitative estimate of drug-likeness (QED) is 0.803. The van der Waals surface area contributed by atoms with Crippen LogP contribution in [0.4, 0.5) is 5.13 Å². The first-order valence-corrected chi connectivity index (χ1v) is 7.14. The Morgan fingerprint density at radius 3 is 2.75 bits per heavy atom. The van der Waals surface area contributed by atoms with Gasteiger partial charge in [0.25, 0.3) is 0 Å². The molecular weight excluding hydrogens is 270 g/mol. The lowest BCUT2D eigenvalue weighted by molar-refractivity contribution is 0.846. The van der Waals surface area contributed by atoms with Crippen molar-refractivity contribution in [2.75, 3.05) is 12.4 Å². The maximum atomic E-state index is 4.47. The minimum atomic E-state index is 0.808. The maximum Gasteiger partial charge on any atom is 0.205 e. The van der Waals surface area contributed by atoms with E-state index < -0.39 is 0 Å². The number of nitrogens with one attached hydrogen (secondary N) is 1.